The van der Waals surface area contributed by atoms with Crippen LogP contribution in [0.25, 0.3) is 5.69 Å². The molecule has 8 heteroatoms. The van der Waals surface area contributed by atoms with E-state index < -0.39 is 0 Å². The van der Waals surface area contributed by atoms with Gasteiger partial charge in [0.25, 0.3) is 0 Å². The average Bonchev–Trinajstić information content (AvgIpc) is 3.38. The zero-order chi connectivity index (χ0) is 20.6. The topological polar surface area (TPSA) is 74.6 Å². The van der Waals surface area contributed by atoms with Crippen molar-refractivity contribution in [1.29, 1.82) is 0 Å². The van der Waals surface area contributed by atoms with E-state index in [1.165, 1.54) is 0 Å². The smallest absolute Gasteiger partial charge is 0.225 e. The molecule has 1 saturated heterocycles. The Morgan fingerprint density at radius 3 is 2.77 bits per heavy atom. The normalized spacial score (nSPS) is 16.5. The third-order valence-electron chi connectivity index (χ3n) is 5.01. The van der Waals surface area contributed by atoms with E-state index in [9.17, 15) is 4.79 Å². The van der Waals surface area contributed by atoms with Crippen LogP contribution in [0.1, 0.15) is 32.8 Å². The van der Waals surface area contributed by atoms with Crippen molar-refractivity contribution in [1.82, 2.24) is 25.3 Å². The number of aliphatic imine (C=N–C) groups is 1. The predicted molar refractivity (Wildman–Crippen MR) is 132 cm³/mol. The van der Waals surface area contributed by atoms with Crippen LogP contribution in [-0.4, -0.2) is 58.8 Å². The van der Waals surface area contributed by atoms with Gasteiger partial charge in [-0.15, -0.1) is 24.0 Å². The molecular formula is C22H33IN6O. The Bertz CT molecular complexity index is 820. The molecule has 0 radical (unpaired) electrons. The van der Waals surface area contributed by atoms with Crippen molar-refractivity contribution in [3.8, 4) is 5.69 Å². The fourth-order valence-electron chi connectivity index (χ4n) is 3.46. The quantitative estimate of drug-likeness (QED) is 0.332. The molecule has 2 N–H and O–H groups in total. The van der Waals surface area contributed by atoms with E-state index in [2.05, 4.69) is 28.9 Å². The van der Waals surface area contributed by atoms with Gasteiger partial charge in [0.05, 0.1) is 11.9 Å². The van der Waals surface area contributed by atoms with Gasteiger partial charge in [-0.05, 0) is 37.5 Å². The first-order chi connectivity index (χ1) is 14.1. The lowest BCUT2D eigenvalue weighted by atomic mass is 10.2. The van der Waals surface area contributed by atoms with Gasteiger partial charge < -0.3 is 15.5 Å². The number of nitrogens with zero attached hydrogens (tertiary/aromatic N) is 4. The van der Waals surface area contributed by atoms with E-state index >= 15 is 0 Å². The summed E-state index contributed by atoms with van der Waals surface area (Å²) in [7, 11) is 0. The van der Waals surface area contributed by atoms with Crippen LogP contribution in [0.15, 0.2) is 47.7 Å². The monoisotopic (exact) mass is 524 g/mol. The molecule has 1 aromatic heterocycles. The summed E-state index contributed by atoms with van der Waals surface area (Å²) >= 11 is 0. The summed E-state index contributed by atoms with van der Waals surface area (Å²) in [6.07, 6.45) is 5.73. The predicted octanol–water partition coefficient (Wildman–Crippen LogP) is 2.84. The summed E-state index contributed by atoms with van der Waals surface area (Å²) in [5.41, 5.74) is 2.21. The number of carbonyl (C=O) groups is 1. The summed E-state index contributed by atoms with van der Waals surface area (Å²) in [5, 5.41) is 11.2. The minimum Gasteiger partial charge on any atom is -0.357 e. The Balaban J connectivity index is 0.00000320. The molecule has 2 aromatic rings. The van der Waals surface area contributed by atoms with Crippen LogP contribution in [0.2, 0.25) is 0 Å². The molecule has 0 bridgehead atoms. The van der Waals surface area contributed by atoms with Crippen LogP contribution in [0.3, 0.4) is 0 Å². The number of likely N-dealkylation sites (tertiary alicyclic amines) is 1. The van der Waals surface area contributed by atoms with Gasteiger partial charge in [0.2, 0.25) is 5.91 Å². The molecule has 7 nitrogen and oxygen atoms in total. The van der Waals surface area contributed by atoms with Gasteiger partial charge in [-0.1, -0.05) is 32.0 Å². The van der Waals surface area contributed by atoms with Gasteiger partial charge >= 0.3 is 0 Å². The first-order valence-corrected chi connectivity index (χ1v) is 10.5. The highest BCUT2D eigenvalue weighted by Gasteiger charge is 2.27. The van der Waals surface area contributed by atoms with E-state index in [1.54, 1.807) is 0 Å². The molecule has 0 spiro atoms. The molecule has 1 aliphatic rings. The average molecular weight is 524 g/mol. The first kappa shape index (κ1) is 24.2. The van der Waals surface area contributed by atoms with Crippen molar-refractivity contribution in [3.05, 3.63) is 48.3 Å². The SMILES string of the molecule is CCNC(=NCCc1cnn(-c2ccccc2)c1)NC1CCN(C(=O)C(C)C)C1.I. The minimum atomic E-state index is 0. The first-order valence-electron chi connectivity index (χ1n) is 10.5. The number of rotatable bonds is 7. The number of amides is 1. The number of nitrogens with one attached hydrogen (secondary N) is 2. The number of para-hydroxylation sites is 1. The highest BCUT2D eigenvalue weighted by atomic mass is 127. The Labute approximate surface area is 196 Å². The van der Waals surface area contributed by atoms with E-state index in [-0.39, 0.29) is 41.8 Å². The number of aromatic nitrogens is 2. The molecule has 1 aliphatic heterocycles. The maximum atomic E-state index is 12.2. The lowest BCUT2D eigenvalue weighted by Gasteiger charge is -2.20. The Hall–Kier alpha value is -2.10. The lowest BCUT2D eigenvalue weighted by molar-refractivity contribution is -0.133. The highest BCUT2D eigenvalue weighted by molar-refractivity contribution is 14.0. The number of guanidine groups is 1. The summed E-state index contributed by atoms with van der Waals surface area (Å²) < 4.78 is 1.89. The second-order valence-corrected chi connectivity index (χ2v) is 7.71. The molecule has 164 valence electrons. The Morgan fingerprint density at radius 1 is 1.30 bits per heavy atom. The molecule has 1 unspecified atom stereocenters. The molecule has 1 atom stereocenters. The summed E-state index contributed by atoms with van der Waals surface area (Å²) in [4.78, 5) is 18.8. The van der Waals surface area contributed by atoms with Gasteiger partial charge in [-0.2, -0.15) is 5.10 Å². The van der Waals surface area contributed by atoms with Crippen molar-refractivity contribution < 1.29 is 4.79 Å². The van der Waals surface area contributed by atoms with Crippen molar-refractivity contribution >= 4 is 35.8 Å². The molecule has 30 heavy (non-hydrogen) atoms. The third-order valence-corrected chi connectivity index (χ3v) is 5.01. The lowest BCUT2D eigenvalue weighted by Crippen LogP contribution is -2.45. The molecule has 0 aliphatic carbocycles. The van der Waals surface area contributed by atoms with Crippen molar-refractivity contribution in [2.24, 2.45) is 10.9 Å². The van der Waals surface area contributed by atoms with Crippen molar-refractivity contribution in [2.75, 3.05) is 26.2 Å². The number of hydrogen-bond acceptors (Lipinski definition) is 3. The van der Waals surface area contributed by atoms with Crippen LogP contribution >= 0.6 is 24.0 Å². The summed E-state index contributed by atoms with van der Waals surface area (Å²) in [6.45, 7) is 9.00. The molecular weight excluding hydrogens is 491 g/mol. The Kier molecular flexibility index (Phi) is 9.61. The van der Waals surface area contributed by atoms with E-state index in [4.69, 9.17) is 4.99 Å². The van der Waals surface area contributed by atoms with Crippen LogP contribution in [0.4, 0.5) is 0 Å². The third kappa shape index (κ3) is 6.72. The van der Waals surface area contributed by atoms with Crippen molar-refractivity contribution in [2.45, 2.75) is 39.7 Å². The number of benzene rings is 1. The second kappa shape index (κ2) is 11.9. The van der Waals surface area contributed by atoms with Gasteiger partial charge in [-0.3, -0.25) is 9.79 Å². The molecule has 2 heterocycles. The van der Waals surface area contributed by atoms with Crippen LogP contribution in [-0.2, 0) is 11.2 Å². The van der Waals surface area contributed by atoms with Crippen molar-refractivity contribution in [3.63, 3.8) is 0 Å². The van der Waals surface area contributed by atoms with Gasteiger partial charge in [0, 0.05) is 44.3 Å². The van der Waals surface area contributed by atoms with Gasteiger partial charge in [0.15, 0.2) is 5.96 Å². The maximum Gasteiger partial charge on any atom is 0.225 e. The number of halogens is 1. The van der Waals surface area contributed by atoms with Gasteiger partial charge in [0.1, 0.15) is 0 Å². The minimum absolute atomic E-state index is 0. The van der Waals surface area contributed by atoms with E-state index in [0.717, 1.165) is 49.7 Å². The fourth-order valence-corrected chi connectivity index (χ4v) is 3.46. The molecule has 1 amide bonds. The van der Waals surface area contributed by atoms with Crippen LogP contribution < -0.4 is 10.6 Å². The highest BCUT2D eigenvalue weighted by Crippen LogP contribution is 2.13. The van der Waals surface area contributed by atoms with Crippen LogP contribution in [0, 0.1) is 5.92 Å². The molecule has 0 saturated carbocycles. The zero-order valence-corrected chi connectivity index (χ0v) is 20.4. The van der Waals surface area contributed by atoms with Crippen LogP contribution in [0.5, 0.6) is 0 Å². The second-order valence-electron chi connectivity index (χ2n) is 7.71. The summed E-state index contributed by atoms with van der Waals surface area (Å²) in [6, 6.07) is 10.3. The summed E-state index contributed by atoms with van der Waals surface area (Å²) in [5.74, 6) is 1.09. The molecule has 1 fully saturated rings. The standard InChI is InChI=1S/C22H32N6O.HI/c1-4-23-22(26-19-11-13-27(16-19)21(29)17(2)3)24-12-10-18-14-25-28(15-18)20-8-6-5-7-9-20;/h5-9,14-15,17,19H,4,10-13,16H2,1-3H3,(H2,23,24,26);1H. The largest absolute Gasteiger partial charge is 0.357 e. The maximum absolute atomic E-state index is 12.2. The molecule has 1 aromatic carbocycles. The molecule has 3 rings (SSSR count). The zero-order valence-electron chi connectivity index (χ0n) is 18.0. The van der Waals surface area contributed by atoms with E-state index in [0.29, 0.717) is 6.54 Å². The Morgan fingerprint density at radius 2 is 2.07 bits per heavy atom. The number of hydrogen-bond donors (Lipinski definition) is 2. The van der Waals surface area contributed by atoms with E-state index in [1.807, 2.05) is 60.0 Å². The fraction of sp³-hybridized carbons (Fsp3) is 0.500. The number of carbonyl (C=O) groups excluding carboxylic acids is 1. The van der Waals surface area contributed by atoms with Gasteiger partial charge in [-0.25, -0.2) is 4.68 Å².